The Morgan fingerprint density at radius 2 is 1.82 bits per heavy atom. The quantitative estimate of drug-likeness (QED) is 0.289. The Balaban J connectivity index is 1.79. The molecule has 3 aromatic rings. The van der Waals surface area contributed by atoms with Gasteiger partial charge in [0.05, 0.1) is 37.1 Å². The maximum absolute atomic E-state index is 14.4. The van der Waals surface area contributed by atoms with Crippen molar-refractivity contribution in [2.45, 2.75) is 51.9 Å². The molecule has 0 spiro atoms. The van der Waals surface area contributed by atoms with E-state index in [2.05, 4.69) is 5.32 Å². The maximum atomic E-state index is 14.4. The number of fused-ring (bicyclic) bond motifs is 2. The van der Waals surface area contributed by atoms with Gasteiger partial charge in [0.25, 0.3) is 11.8 Å². The van der Waals surface area contributed by atoms with E-state index in [4.69, 9.17) is 14.2 Å². The molecule has 3 N–H and O–H groups in total. The van der Waals surface area contributed by atoms with Gasteiger partial charge in [-0.25, -0.2) is 9.59 Å². The molecular formula is C35H42N4O10. The number of carbonyl (C=O) groups excluding carboxylic acids is 4. The lowest BCUT2D eigenvalue weighted by Crippen LogP contribution is -2.55. The highest BCUT2D eigenvalue weighted by molar-refractivity contribution is 6.06. The molecule has 4 rings (SSSR count). The van der Waals surface area contributed by atoms with E-state index in [0.717, 1.165) is 4.90 Å². The monoisotopic (exact) mass is 678 g/mol. The van der Waals surface area contributed by atoms with Gasteiger partial charge < -0.3 is 39.5 Å². The second kappa shape index (κ2) is 14.8. The summed E-state index contributed by atoms with van der Waals surface area (Å²) in [6.45, 7) is 5.92. The summed E-state index contributed by atoms with van der Waals surface area (Å²) in [6.07, 6.45) is -0.725. The molecule has 262 valence electrons. The SMILES string of the molecule is COc1ccc2cc(C(=O)O)ccc2c1CN1C(=O)C(NC(=O)C(C)N(C)C(=O)OC(C)(C)C)COc2c(C(=O)N(C)CCO)cccc21. The Kier molecular flexibility index (Phi) is 11.0. The van der Waals surface area contributed by atoms with Crippen LogP contribution in [0.4, 0.5) is 10.5 Å². The van der Waals surface area contributed by atoms with Crippen LogP contribution in [0, 0.1) is 0 Å². The molecule has 1 aliphatic rings. The van der Waals surface area contributed by atoms with Crippen molar-refractivity contribution in [3.8, 4) is 11.5 Å². The number of hydrogen-bond donors (Lipinski definition) is 3. The van der Waals surface area contributed by atoms with Crippen LogP contribution in [0.3, 0.4) is 0 Å². The van der Waals surface area contributed by atoms with Gasteiger partial charge >= 0.3 is 12.1 Å². The van der Waals surface area contributed by atoms with Crippen LogP contribution in [0.2, 0.25) is 0 Å². The van der Waals surface area contributed by atoms with Gasteiger partial charge in [0.2, 0.25) is 5.91 Å². The molecule has 1 heterocycles. The number of ether oxygens (including phenoxy) is 3. The Morgan fingerprint density at radius 3 is 2.45 bits per heavy atom. The van der Waals surface area contributed by atoms with Crippen LogP contribution in [-0.2, 0) is 20.9 Å². The minimum atomic E-state index is -1.26. The molecule has 0 aliphatic carbocycles. The predicted octanol–water partition coefficient (Wildman–Crippen LogP) is 3.28. The summed E-state index contributed by atoms with van der Waals surface area (Å²) in [6, 6.07) is 10.4. The van der Waals surface area contributed by atoms with Gasteiger partial charge in [0.15, 0.2) is 5.75 Å². The standard InChI is InChI=1S/C35H42N4O10/c1-20(38(6)34(46)49-35(2,3)4)30(41)36-26-19-48-29-24(31(42)37(5)15-16-40)9-8-10-27(29)39(32(26)43)18-25-23-13-11-22(33(44)45)17-21(23)12-14-28(25)47-7/h8-14,17,20,26,40H,15-16,18-19H2,1-7H3,(H,36,41)(H,44,45). The van der Waals surface area contributed by atoms with E-state index >= 15 is 0 Å². The number of aromatic carboxylic acids is 1. The van der Waals surface area contributed by atoms with Gasteiger partial charge in [-0.15, -0.1) is 0 Å². The van der Waals surface area contributed by atoms with Crippen molar-refractivity contribution in [1.29, 1.82) is 0 Å². The number of para-hydroxylation sites is 1. The summed E-state index contributed by atoms with van der Waals surface area (Å²) in [5.41, 5.74) is 0.196. The van der Waals surface area contributed by atoms with Crippen LogP contribution < -0.4 is 19.7 Å². The van der Waals surface area contributed by atoms with E-state index in [-0.39, 0.29) is 48.9 Å². The van der Waals surface area contributed by atoms with Crippen molar-refractivity contribution in [3.05, 3.63) is 65.2 Å². The van der Waals surface area contributed by atoms with Crippen LogP contribution in [-0.4, -0.2) is 108 Å². The van der Waals surface area contributed by atoms with Crippen molar-refractivity contribution in [2.24, 2.45) is 0 Å². The zero-order chi connectivity index (χ0) is 36.2. The summed E-state index contributed by atoms with van der Waals surface area (Å²) in [7, 11) is 4.40. The smallest absolute Gasteiger partial charge is 0.410 e. The Labute approximate surface area is 284 Å². The molecule has 0 aromatic heterocycles. The van der Waals surface area contributed by atoms with Gasteiger partial charge in [-0.3, -0.25) is 19.3 Å². The third kappa shape index (κ3) is 8.03. The number of carboxylic acids is 1. The molecule has 2 atom stereocenters. The lowest BCUT2D eigenvalue weighted by Gasteiger charge is -2.30. The normalized spacial score (nSPS) is 15.0. The van der Waals surface area contributed by atoms with Crippen LogP contribution in [0.1, 0.15) is 54.0 Å². The number of benzene rings is 3. The number of carbonyl (C=O) groups is 5. The molecule has 0 saturated carbocycles. The first-order chi connectivity index (χ1) is 23.1. The maximum Gasteiger partial charge on any atom is 0.410 e. The van der Waals surface area contributed by atoms with Crippen molar-refractivity contribution in [2.75, 3.05) is 45.9 Å². The summed E-state index contributed by atoms with van der Waals surface area (Å²) >= 11 is 0. The highest BCUT2D eigenvalue weighted by Crippen LogP contribution is 2.39. The second-order valence-corrected chi connectivity index (χ2v) is 12.7. The number of aliphatic hydroxyl groups is 1. The minimum absolute atomic E-state index is 0.0540. The average molecular weight is 679 g/mol. The zero-order valence-electron chi connectivity index (χ0n) is 28.6. The topological polar surface area (TPSA) is 175 Å². The molecule has 49 heavy (non-hydrogen) atoms. The Morgan fingerprint density at radius 1 is 1.10 bits per heavy atom. The fourth-order valence-corrected chi connectivity index (χ4v) is 5.31. The summed E-state index contributed by atoms with van der Waals surface area (Å²) < 4.78 is 17.2. The first kappa shape index (κ1) is 36.5. The molecule has 0 fully saturated rings. The first-order valence-electron chi connectivity index (χ1n) is 15.6. The van der Waals surface area contributed by atoms with Gasteiger partial charge in [0.1, 0.15) is 30.0 Å². The van der Waals surface area contributed by atoms with Gasteiger partial charge in [-0.05, 0) is 68.8 Å². The molecule has 4 amide bonds. The fourth-order valence-electron chi connectivity index (χ4n) is 5.31. The highest BCUT2D eigenvalue weighted by atomic mass is 16.6. The average Bonchev–Trinajstić information content (AvgIpc) is 3.18. The van der Waals surface area contributed by atoms with Crippen LogP contribution in [0.25, 0.3) is 10.8 Å². The van der Waals surface area contributed by atoms with Crippen molar-refractivity contribution >= 4 is 46.2 Å². The highest BCUT2D eigenvalue weighted by Gasteiger charge is 2.37. The molecule has 0 radical (unpaired) electrons. The minimum Gasteiger partial charge on any atom is -0.496 e. The van der Waals surface area contributed by atoms with Gasteiger partial charge in [-0.2, -0.15) is 0 Å². The predicted molar refractivity (Wildman–Crippen MR) is 180 cm³/mol. The molecule has 14 nitrogen and oxygen atoms in total. The van der Waals surface area contributed by atoms with Crippen LogP contribution in [0.15, 0.2) is 48.5 Å². The number of aliphatic hydroxyl groups excluding tert-OH is 1. The summed E-state index contributed by atoms with van der Waals surface area (Å²) in [4.78, 5) is 69.5. The first-order valence-corrected chi connectivity index (χ1v) is 15.6. The molecule has 14 heteroatoms. The van der Waals surface area contributed by atoms with Crippen molar-refractivity contribution < 1.29 is 48.4 Å². The number of methoxy groups -OCH3 is 1. The zero-order valence-corrected chi connectivity index (χ0v) is 28.6. The van der Waals surface area contributed by atoms with E-state index < -0.39 is 47.5 Å². The number of rotatable bonds is 10. The third-order valence-corrected chi connectivity index (χ3v) is 8.09. The Bertz CT molecular complexity index is 1770. The lowest BCUT2D eigenvalue weighted by molar-refractivity contribution is -0.130. The number of nitrogens with zero attached hydrogens (tertiary/aromatic N) is 3. The largest absolute Gasteiger partial charge is 0.496 e. The molecule has 3 aromatic carbocycles. The number of anilines is 1. The number of nitrogens with one attached hydrogen (secondary N) is 1. The number of carboxylic acid groups (broad SMARTS) is 1. The molecule has 0 saturated heterocycles. The Hall–Kier alpha value is -5.37. The molecule has 0 bridgehead atoms. The van der Waals surface area contributed by atoms with E-state index in [1.54, 1.807) is 57.2 Å². The molecule has 2 unspecified atom stereocenters. The summed E-state index contributed by atoms with van der Waals surface area (Å²) in [5, 5.41) is 22.9. The van der Waals surface area contributed by atoms with Crippen molar-refractivity contribution in [1.82, 2.24) is 15.1 Å². The van der Waals surface area contributed by atoms with Crippen LogP contribution >= 0.6 is 0 Å². The second-order valence-electron chi connectivity index (χ2n) is 12.7. The van der Waals surface area contributed by atoms with Crippen LogP contribution in [0.5, 0.6) is 11.5 Å². The van der Waals surface area contributed by atoms with E-state index in [1.807, 2.05) is 0 Å². The molecular weight excluding hydrogens is 636 g/mol. The third-order valence-electron chi connectivity index (χ3n) is 8.09. The number of hydrogen-bond acceptors (Lipinski definition) is 9. The van der Waals surface area contributed by atoms with E-state index in [0.29, 0.717) is 22.1 Å². The van der Waals surface area contributed by atoms with E-state index in [1.165, 1.54) is 50.1 Å². The fraction of sp³-hybridized carbons (Fsp3) is 0.400. The van der Waals surface area contributed by atoms with Gasteiger partial charge in [0, 0.05) is 26.2 Å². The molecule has 1 aliphatic heterocycles. The summed E-state index contributed by atoms with van der Waals surface area (Å²) in [5.74, 6) is -2.27. The van der Waals surface area contributed by atoms with Gasteiger partial charge in [-0.1, -0.05) is 18.2 Å². The van der Waals surface area contributed by atoms with E-state index in [9.17, 15) is 34.2 Å². The number of amides is 4. The number of likely N-dealkylation sites (N-methyl/N-ethyl adjacent to an activating group) is 2. The van der Waals surface area contributed by atoms with Crippen molar-refractivity contribution in [3.63, 3.8) is 0 Å². The lowest BCUT2D eigenvalue weighted by atomic mass is 10.00.